The van der Waals surface area contributed by atoms with Crippen molar-refractivity contribution in [2.45, 2.75) is 25.3 Å². The molecular formula is C21H18F3NO3S. The number of pyridine rings is 1. The average Bonchev–Trinajstić information content (AvgIpc) is 3.23. The lowest BCUT2D eigenvalue weighted by Crippen LogP contribution is -2.26. The number of rotatable bonds is 7. The van der Waals surface area contributed by atoms with Gasteiger partial charge in [-0.15, -0.1) is 11.3 Å². The summed E-state index contributed by atoms with van der Waals surface area (Å²) >= 11 is 1.44. The molecule has 3 aromatic rings. The average molecular weight is 421 g/mol. The number of halogens is 3. The van der Waals surface area contributed by atoms with Crippen LogP contribution in [0.25, 0.3) is 0 Å². The number of carbonyl (C=O) groups excluding carboxylic acids is 1. The van der Waals surface area contributed by atoms with Gasteiger partial charge in [-0.3, -0.25) is 9.78 Å². The molecule has 0 radical (unpaired) electrons. The summed E-state index contributed by atoms with van der Waals surface area (Å²) in [7, 11) is 0. The monoisotopic (exact) mass is 421 g/mol. The van der Waals surface area contributed by atoms with E-state index in [1.807, 2.05) is 17.5 Å². The summed E-state index contributed by atoms with van der Waals surface area (Å²) in [6.07, 6.45) is -2.37. The third kappa shape index (κ3) is 5.65. The second-order valence-electron chi connectivity index (χ2n) is 6.43. The van der Waals surface area contributed by atoms with E-state index < -0.39 is 29.7 Å². The van der Waals surface area contributed by atoms with Crippen molar-refractivity contribution in [2.75, 3.05) is 0 Å². The van der Waals surface area contributed by atoms with Crippen LogP contribution in [0.3, 0.4) is 0 Å². The Morgan fingerprint density at radius 3 is 2.66 bits per heavy atom. The van der Waals surface area contributed by atoms with E-state index in [0.717, 1.165) is 17.0 Å². The van der Waals surface area contributed by atoms with Gasteiger partial charge in [-0.25, -0.2) is 0 Å². The van der Waals surface area contributed by atoms with Crippen LogP contribution in [0.2, 0.25) is 0 Å². The normalized spacial score (nSPS) is 13.7. The van der Waals surface area contributed by atoms with Gasteiger partial charge in [0.15, 0.2) is 0 Å². The van der Waals surface area contributed by atoms with Crippen molar-refractivity contribution in [3.05, 3.63) is 87.9 Å². The number of hydrogen-bond acceptors (Lipinski definition) is 5. The molecule has 29 heavy (non-hydrogen) atoms. The second-order valence-corrected chi connectivity index (χ2v) is 7.46. The molecule has 3 rings (SSSR count). The van der Waals surface area contributed by atoms with Crippen LogP contribution in [-0.2, 0) is 28.7 Å². The first kappa shape index (κ1) is 21.0. The Balaban J connectivity index is 1.74. The fourth-order valence-electron chi connectivity index (χ4n) is 2.85. The van der Waals surface area contributed by atoms with E-state index in [1.54, 1.807) is 18.3 Å². The summed E-state index contributed by atoms with van der Waals surface area (Å²) in [6.45, 7) is -0.316. The van der Waals surface area contributed by atoms with Gasteiger partial charge in [-0.2, -0.15) is 13.2 Å². The number of aromatic nitrogens is 1. The molecule has 0 fully saturated rings. The summed E-state index contributed by atoms with van der Waals surface area (Å²) < 4.78 is 43.8. The molecule has 1 aromatic carbocycles. The number of alkyl halides is 3. The Kier molecular flexibility index (Phi) is 6.66. The van der Waals surface area contributed by atoms with Gasteiger partial charge in [-0.05, 0) is 47.2 Å². The van der Waals surface area contributed by atoms with Crippen LogP contribution >= 0.6 is 11.3 Å². The summed E-state index contributed by atoms with van der Waals surface area (Å²) in [6, 6.07) is 11.6. The van der Waals surface area contributed by atoms with Gasteiger partial charge in [0.1, 0.15) is 6.61 Å². The van der Waals surface area contributed by atoms with E-state index in [4.69, 9.17) is 4.74 Å². The number of aliphatic hydroxyl groups excluding tert-OH is 1. The molecule has 2 heterocycles. The predicted octanol–water partition coefficient (Wildman–Crippen LogP) is 4.80. The molecule has 0 aliphatic heterocycles. The minimum absolute atomic E-state index is 0.221. The zero-order chi connectivity index (χ0) is 20.9. The third-order valence-corrected chi connectivity index (χ3v) is 5.25. The number of hydrogen-bond donors (Lipinski definition) is 1. The molecular weight excluding hydrogens is 403 g/mol. The standard InChI is InChI=1S/C21H18F3NO3S/c22-21(23,24)16-6-1-4-14(10-16)13-28-20(27)18(11-17-7-3-9-29-17)19(26)15-5-2-8-25-12-15/h1-10,12,18-19,26H,11,13H2. The number of benzene rings is 1. The highest BCUT2D eigenvalue weighted by molar-refractivity contribution is 7.09. The van der Waals surface area contributed by atoms with Crippen molar-refractivity contribution in [3.63, 3.8) is 0 Å². The van der Waals surface area contributed by atoms with Crippen molar-refractivity contribution >= 4 is 17.3 Å². The maximum Gasteiger partial charge on any atom is 0.416 e. The zero-order valence-electron chi connectivity index (χ0n) is 15.2. The highest BCUT2D eigenvalue weighted by Gasteiger charge is 2.32. The van der Waals surface area contributed by atoms with E-state index in [9.17, 15) is 23.1 Å². The van der Waals surface area contributed by atoms with Gasteiger partial charge in [0.05, 0.1) is 17.6 Å². The number of ether oxygens (including phenoxy) is 1. The molecule has 0 saturated carbocycles. The minimum Gasteiger partial charge on any atom is -0.461 e. The van der Waals surface area contributed by atoms with Gasteiger partial charge in [-0.1, -0.05) is 24.3 Å². The first-order chi connectivity index (χ1) is 13.8. The summed E-state index contributed by atoms with van der Waals surface area (Å²) in [5, 5.41) is 12.6. The molecule has 2 atom stereocenters. The van der Waals surface area contributed by atoms with Crippen LogP contribution in [0.1, 0.15) is 27.7 Å². The predicted molar refractivity (Wildman–Crippen MR) is 102 cm³/mol. The SMILES string of the molecule is O=C(OCc1cccc(C(F)(F)F)c1)C(Cc1cccs1)C(O)c1cccnc1. The second kappa shape index (κ2) is 9.19. The molecule has 0 spiro atoms. The van der Waals surface area contributed by atoms with E-state index in [2.05, 4.69) is 4.98 Å². The van der Waals surface area contributed by atoms with E-state index >= 15 is 0 Å². The minimum atomic E-state index is -4.47. The van der Waals surface area contributed by atoms with Gasteiger partial charge in [0.25, 0.3) is 0 Å². The molecule has 0 amide bonds. The highest BCUT2D eigenvalue weighted by Crippen LogP contribution is 2.30. The van der Waals surface area contributed by atoms with Crippen LogP contribution in [0.15, 0.2) is 66.3 Å². The van der Waals surface area contributed by atoms with Crippen LogP contribution in [0, 0.1) is 5.92 Å². The van der Waals surface area contributed by atoms with E-state index in [1.165, 1.54) is 29.7 Å². The van der Waals surface area contributed by atoms with Crippen molar-refractivity contribution in [3.8, 4) is 0 Å². The van der Waals surface area contributed by atoms with Gasteiger partial charge < -0.3 is 9.84 Å². The first-order valence-corrected chi connectivity index (χ1v) is 9.65. The van der Waals surface area contributed by atoms with Crippen molar-refractivity contribution in [1.82, 2.24) is 4.98 Å². The van der Waals surface area contributed by atoms with Crippen LogP contribution in [0.5, 0.6) is 0 Å². The van der Waals surface area contributed by atoms with E-state index in [0.29, 0.717) is 5.56 Å². The fraction of sp³-hybridized carbons (Fsp3) is 0.238. The number of aliphatic hydroxyl groups is 1. The first-order valence-electron chi connectivity index (χ1n) is 8.78. The Labute approximate surface area is 169 Å². The maximum atomic E-state index is 12.9. The van der Waals surface area contributed by atoms with Crippen LogP contribution in [-0.4, -0.2) is 16.1 Å². The van der Waals surface area contributed by atoms with Gasteiger partial charge >= 0.3 is 12.1 Å². The molecule has 2 aromatic heterocycles. The Morgan fingerprint density at radius 1 is 1.17 bits per heavy atom. The number of carbonyl (C=O) groups is 1. The molecule has 4 nitrogen and oxygen atoms in total. The molecule has 0 aliphatic rings. The molecule has 0 bridgehead atoms. The number of thiophene rings is 1. The Morgan fingerprint density at radius 2 is 2.00 bits per heavy atom. The lowest BCUT2D eigenvalue weighted by atomic mass is 9.93. The lowest BCUT2D eigenvalue weighted by Gasteiger charge is -2.21. The van der Waals surface area contributed by atoms with Crippen LogP contribution in [0.4, 0.5) is 13.2 Å². The molecule has 2 unspecified atom stereocenters. The topological polar surface area (TPSA) is 59.4 Å². The third-order valence-electron chi connectivity index (χ3n) is 4.35. The molecule has 152 valence electrons. The van der Waals surface area contributed by atoms with Gasteiger partial charge in [0, 0.05) is 17.3 Å². The zero-order valence-corrected chi connectivity index (χ0v) is 16.0. The molecule has 0 saturated heterocycles. The Bertz CT molecular complexity index is 930. The number of esters is 1. The summed E-state index contributed by atoms with van der Waals surface area (Å²) in [5.74, 6) is -1.60. The molecule has 1 N–H and O–H groups in total. The lowest BCUT2D eigenvalue weighted by molar-refractivity contribution is -0.154. The number of nitrogens with zero attached hydrogens (tertiary/aromatic N) is 1. The highest BCUT2D eigenvalue weighted by atomic mass is 32.1. The van der Waals surface area contributed by atoms with E-state index in [-0.39, 0.29) is 18.6 Å². The smallest absolute Gasteiger partial charge is 0.416 e. The maximum absolute atomic E-state index is 12.9. The largest absolute Gasteiger partial charge is 0.461 e. The Hall–Kier alpha value is -2.71. The summed E-state index contributed by atoms with van der Waals surface area (Å²) in [5.41, 5.74) is -0.124. The van der Waals surface area contributed by atoms with Gasteiger partial charge in [0.2, 0.25) is 0 Å². The van der Waals surface area contributed by atoms with Crippen molar-refractivity contribution < 1.29 is 27.8 Å². The van der Waals surface area contributed by atoms with Crippen molar-refractivity contribution in [1.29, 1.82) is 0 Å². The molecule has 0 aliphatic carbocycles. The summed E-state index contributed by atoms with van der Waals surface area (Å²) in [4.78, 5) is 17.6. The quantitative estimate of drug-likeness (QED) is 0.557. The van der Waals surface area contributed by atoms with Crippen LogP contribution < -0.4 is 0 Å². The fourth-order valence-corrected chi connectivity index (χ4v) is 3.62. The molecule has 8 heteroatoms. The van der Waals surface area contributed by atoms with Crippen molar-refractivity contribution in [2.24, 2.45) is 5.92 Å².